The fourth-order valence-electron chi connectivity index (χ4n) is 3.76. The fourth-order valence-corrected chi connectivity index (χ4v) is 3.76. The number of carboxylic acids is 1. The van der Waals surface area contributed by atoms with Gasteiger partial charge < -0.3 is 9.90 Å². The highest BCUT2D eigenvalue weighted by molar-refractivity contribution is 5.70. The lowest BCUT2D eigenvalue weighted by Gasteiger charge is -2.38. The van der Waals surface area contributed by atoms with Crippen molar-refractivity contribution < 1.29 is 19.1 Å². The standard InChI is InChI=1S/C16H19FO3/c1-11-2-3-13(8-9-18)16(11,10-15(19)20)12-4-6-14(17)7-5-12/h4-7,9,11,13H,2-3,8,10H2,1H3,(H,19,20)/t11?,13?,16-/m1/s1. The number of carbonyl (C=O) groups excluding carboxylic acids is 1. The number of hydrogen-bond acceptors (Lipinski definition) is 2. The maximum absolute atomic E-state index is 13.1. The van der Waals surface area contributed by atoms with Crippen LogP contribution in [0.2, 0.25) is 0 Å². The number of carboxylic acid groups (broad SMARTS) is 1. The van der Waals surface area contributed by atoms with Gasteiger partial charge in [0.05, 0.1) is 6.42 Å². The largest absolute Gasteiger partial charge is 0.481 e. The van der Waals surface area contributed by atoms with E-state index in [-0.39, 0.29) is 24.1 Å². The van der Waals surface area contributed by atoms with Crippen molar-refractivity contribution in [1.82, 2.24) is 0 Å². The molecule has 0 aliphatic heterocycles. The van der Waals surface area contributed by atoms with Gasteiger partial charge in [0.2, 0.25) is 0 Å². The van der Waals surface area contributed by atoms with Crippen LogP contribution in [0.4, 0.5) is 4.39 Å². The van der Waals surface area contributed by atoms with Crippen molar-refractivity contribution in [2.45, 2.75) is 38.0 Å². The fraction of sp³-hybridized carbons (Fsp3) is 0.500. The Morgan fingerprint density at radius 3 is 2.60 bits per heavy atom. The normalized spacial score (nSPS) is 29.3. The molecule has 1 fully saturated rings. The van der Waals surface area contributed by atoms with E-state index in [0.717, 1.165) is 24.7 Å². The molecule has 0 spiro atoms. The first-order chi connectivity index (χ1) is 9.50. The van der Waals surface area contributed by atoms with Crippen LogP contribution in [0, 0.1) is 17.7 Å². The number of aliphatic carboxylic acids is 1. The van der Waals surface area contributed by atoms with E-state index in [9.17, 15) is 19.1 Å². The Balaban J connectivity index is 2.50. The van der Waals surface area contributed by atoms with Crippen LogP contribution in [0.3, 0.4) is 0 Å². The summed E-state index contributed by atoms with van der Waals surface area (Å²) >= 11 is 0. The molecule has 108 valence electrons. The van der Waals surface area contributed by atoms with Crippen molar-refractivity contribution in [1.29, 1.82) is 0 Å². The van der Waals surface area contributed by atoms with Gasteiger partial charge >= 0.3 is 5.97 Å². The monoisotopic (exact) mass is 278 g/mol. The number of halogens is 1. The average Bonchev–Trinajstić information content (AvgIpc) is 2.69. The first-order valence-corrected chi connectivity index (χ1v) is 6.92. The number of aldehydes is 1. The summed E-state index contributed by atoms with van der Waals surface area (Å²) < 4.78 is 13.1. The summed E-state index contributed by atoms with van der Waals surface area (Å²) in [5, 5.41) is 9.30. The molecule has 1 aliphatic carbocycles. The van der Waals surface area contributed by atoms with Gasteiger partial charge in [0.1, 0.15) is 12.1 Å². The molecule has 4 heteroatoms. The van der Waals surface area contributed by atoms with E-state index in [1.54, 1.807) is 12.1 Å². The molecule has 1 aromatic rings. The lowest BCUT2D eigenvalue weighted by atomic mass is 9.65. The van der Waals surface area contributed by atoms with Gasteiger partial charge in [-0.2, -0.15) is 0 Å². The van der Waals surface area contributed by atoms with Crippen LogP contribution in [0.25, 0.3) is 0 Å². The van der Waals surface area contributed by atoms with Gasteiger partial charge in [-0.3, -0.25) is 4.79 Å². The maximum atomic E-state index is 13.1. The molecule has 20 heavy (non-hydrogen) atoms. The van der Waals surface area contributed by atoms with Crippen molar-refractivity contribution in [2.75, 3.05) is 0 Å². The third kappa shape index (κ3) is 2.47. The van der Waals surface area contributed by atoms with Crippen LogP contribution in [0.15, 0.2) is 24.3 Å². The van der Waals surface area contributed by atoms with E-state index in [4.69, 9.17) is 0 Å². The number of carbonyl (C=O) groups is 2. The van der Waals surface area contributed by atoms with E-state index in [1.807, 2.05) is 6.92 Å². The van der Waals surface area contributed by atoms with Crippen molar-refractivity contribution in [3.05, 3.63) is 35.6 Å². The second kappa shape index (κ2) is 5.73. The Morgan fingerprint density at radius 1 is 1.40 bits per heavy atom. The molecule has 0 bridgehead atoms. The van der Waals surface area contributed by atoms with Crippen molar-refractivity contribution in [3.63, 3.8) is 0 Å². The Hall–Kier alpha value is -1.71. The van der Waals surface area contributed by atoms with Gasteiger partial charge in [-0.15, -0.1) is 0 Å². The molecule has 0 saturated heterocycles. The van der Waals surface area contributed by atoms with Gasteiger partial charge in [-0.05, 0) is 42.4 Å². The minimum absolute atomic E-state index is 0.0107. The highest BCUT2D eigenvalue weighted by atomic mass is 19.1. The first-order valence-electron chi connectivity index (χ1n) is 6.92. The molecule has 0 radical (unpaired) electrons. The van der Waals surface area contributed by atoms with E-state index in [0.29, 0.717) is 6.42 Å². The molecular weight excluding hydrogens is 259 g/mol. The Kier molecular flexibility index (Phi) is 4.21. The zero-order valence-corrected chi connectivity index (χ0v) is 11.5. The van der Waals surface area contributed by atoms with Crippen molar-refractivity contribution >= 4 is 12.3 Å². The second-order valence-corrected chi connectivity index (χ2v) is 5.70. The summed E-state index contributed by atoms with van der Waals surface area (Å²) in [5.74, 6) is -1.04. The van der Waals surface area contributed by atoms with Crippen LogP contribution in [-0.2, 0) is 15.0 Å². The van der Waals surface area contributed by atoms with Gasteiger partial charge in [0, 0.05) is 11.8 Å². The smallest absolute Gasteiger partial charge is 0.304 e. The molecular formula is C16H19FO3. The first kappa shape index (κ1) is 14.7. The zero-order valence-electron chi connectivity index (χ0n) is 11.5. The Bertz CT molecular complexity index is 497. The molecule has 2 unspecified atom stereocenters. The summed E-state index contributed by atoms with van der Waals surface area (Å²) in [5.41, 5.74) is 0.263. The Morgan fingerprint density at radius 2 is 2.05 bits per heavy atom. The molecule has 1 aromatic carbocycles. The molecule has 3 atom stereocenters. The second-order valence-electron chi connectivity index (χ2n) is 5.70. The van der Waals surface area contributed by atoms with E-state index >= 15 is 0 Å². The number of benzene rings is 1. The lowest BCUT2D eigenvalue weighted by Crippen LogP contribution is -2.38. The predicted molar refractivity (Wildman–Crippen MR) is 72.9 cm³/mol. The van der Waals surface area contributed by atoms with Crippen LogP contribution in [0.1, 0.15) is 38.2 Å². The van der Waals surface area contributed by atoms with E-state index < -0.39 is 11.4 Å². The number of hydrogen-bond donors (Lipinski definition) is 1. The van der Waals surface area contributed by atoms with Gasteiger partial charge in [0.15, 0.2) is 0 Å². The van der Waals surface area contributed by atoms with E-state index in [1.165, 1.54) is 12.1 Å². The summed E-state index contributed by atoms with van der Waals surface area (Å²) in [7, 11) is 0. The van der Waals surface area contributed by atoms with Crippen LogP contribution < -0.4 is 0 Å². The van der Waals surface area contributed by atoms with Gasteiger partial charge in [0.25, 0.3) is 0 Å². The molecule has 3 nitrogen and oxygen atoms in total. The molecule has 1 aliphatic rings. The van der Waals surface area contributed by atoms with E-state index in [2.05, 4.69) is 0 Å². The summed E-state index contributed by atoms with van der Waals surface area (Å²) in [4.78, 5) is 22.3. The van der Waals surface area contributed by atoms with Crippen molar-refractivity contribution in [2.24, 2.45) is 11.8 Å². The minimum atomic E-state index is -0.876. The van der Waals surface area contributed by atoms with Crippen LogP contribution in [-0.4, -0.2) is 17.4 Å². The highest BCUT2D eigenvalue weighted by Gasteiger charge is 2.50. The topological polar surface area (TPSA) is 54.4 Å². The molecule has 0 aromatic heterocycles. The third-order valence-electron chi connectivity index (χ3n) is 4.76. The molecule has 2 rings (SSSR count). The highest BCUT2D eigenvalue weighted by Crippen LogP contribution is 2.53. The molecule has 1 N–H and O–H groups in total. The third-order valence-corrected chi connectivity index (χ3v) is 4.76. The number of rotatable bonds is 5. The van der Waals surface area contributed by atoms with Crippen LogP contribution in [0.5, 0.6) is 0 Å². The summed E-state index contributed by atoms with van der Waals surface area (Å²) in [6.45, 7) is 2.02. The Labute approximate surface area is 117 Å². The summed E-state index contributed by atoms with van der Waals surface area (Å²) in [6, 6.07) is 6.06. The molecule has 1 saturated carbocycles. The average molecular weight is 278 g/mol. The summed E-state index contributed by atoms with van der Waals surface area (Å²) in [6.07, 6.45) is 2.93. The zero-order chi connectivity index (χ0) is 14.8. The lowest BCUT2D eigenvalue weighted by molar-refractivity contribution is -0.139. The maximum Gasteiger partial charge on any atom is 0.304 e. The minimum Gasteiger partial charge on any atom is -0.481 e. The van der Waals surface area contributed by atoms with Crippen LogP contribution >= 0.6 is 0 Å². The molecule has 0 heterocycles. The quantitative estimate of drug-likeness (QED) is 0.842. The van der Waals surface area contributed by atoms with Crippen molar-refractivity contribution in [3.8, 4) is 0 Å². The molecule has 0 amide bonds. The predicted octanol–water partition coefficient (Wildman–Crippen LogP) is 3.17. The van der Waals surface area contributed by atoms with Gasteiger partial charge in [-0.25, -0.2) is 4.39 Å². The van der Waals surface area contributed by atoms with Gasteiger partial charge in [-0.1, -0.05) is 19.1 Å². The SMILES string of the molecule is CC1CCC(CC=O)[C@@]1(CC(=O)O)c1ccc(F)cc1.